The van der Waals surface area contributed by atoms with Crippen LogP contribution in [0.3, 0.4) is 0 Å². The number of carbonyl (C=O) groups excluding carboxylic acids is 4. The second-order valence-electron chi connectivity index (χ2n) is 6.08. The van der Waals surface area contributed by atoms with Gasteiger partial charge in [-0.2, -0.15) is 0 Å². The monoisotopic (exact) mass is 412 g/mol. The molecule has 9 heteroatoms. The molecular formula is C20H10F2N2O4S. The van der Waals surface area contributed by atoms with Crippen molar-refractivity contribution in [2.45, 2.75) is 9.79 Å². The topological polar surface area (TPSA) is 74.8 Å². The van der Waals surface area contributed by atoms with Crippen LogP contribution in [0.25, 0.3) is 0 Å². The van der Waals surface area contributed by atoms with Gasteiger partial charge < -0.3 is 0 Å². The van der Waals surface area contributed by atoms with Crippen LogP contribution in [0.1, 0.15) is 0 Å². The Balaban J connectivity index is 1.66. The minimum atomic E-state index is -0.691. The van der Waals surface area contributed by atoms with Crippen molar-refractivity contribution in [1.29, 1.82) is 0 Å². The standard InChI is InChI=1S/C20H10F2N2O4S/c21-11-5-13(23-17(25)1-2-18(23)26)9-15(7-11)29-16-8-12(22)6-14(10-16)24-19(27)3-4-20(24)28/h1-10H. The number of hydrogen-bond acceptors (Lipinski definition) is 5. The lowest BCUT2D eigenvalue weighted by atomic mass is 10.3. The second kappa shape index (κ2) is 7.10. The van der Waals surface area contributed by atoms with Crippen LogP contribution in [-0.4, -0.2) is 23.6 Å². The fourth-order valence-electron chi connectivity index (χ4n) is 2.92. The average molecular weight is 412 g/mol. The van der Waals surface area contributed by atoms with Gasteiger partial charge in [0.05, 0.1) is 11.4 Å². The first-order valence-electron chi connectivity index (χ1n) is 8.23. The first-order valence-corrected chi connectivity index (χ1v) is 9.05. The Bertz CT molecular complexity index is 1030. The third-order valence-electron chi connectivity index (χ3n) is 4.08. The van der Waals surface area contributed by atoms with Gasteiger partial charge in [0.15, 0.2) is 0 Å². The molecule has 0 bridgehead atoms. The molecule has 144 valence electrons. The van der Waals surface area contributed by atoms with E-state index >= 15 is 0 Å². The van der Waals surface area contributed by atoms with Gasteiger partial charge in [0, 0.05) is 34.1 Å². The fraction of sp³-hybridized carbons (Fsp3) is 0. The SMILES string of the molecule is O=C1C=CC(=O)N1c1cc(F)cc(Sc2cc(F)cc(N3C(=O)C=CC3=O)c2)c1. The van der Waals surface area contributed by atoms with E-state index in [2.05, 4.69) is 0 Å². The fourth-order valence-corrected chi connectivity index (χ4v) is 3.89. The lowest BCUT2D eigenvalue weighted by Gasteiger charge is -2.16. The molecule has 4 rings (SSSR count). The zero-order valence-electron chi connectivity index (χ0n) is 14.5. The summed E-state index contributed by atoms with van der Waals surface area (Å²) in [6.07, 6.45) is 4.32. The number of rotatable bonds is 4. The van der Waals surface area contributed by atoms with Crippen molar-refractivity contribution in [1.82, 2.24) is 0 Å². The highest BCUT2D eigenvalue weighted by molar-refractivity contribution is 7.99. The lowest BCUT2D eigenvalue weighted by molar-refractivity contribution is -0.121. The summed E-state index contributed by atoms with van der Waals surface area (Å²) in [5, 5.41) is 0. The summed E-state index contributed by atoms with van der Waals surface area (Å²) in [5.74, 6) is -3.76. The van der Waals surface area contributed by atoms with Crippen LogP contribution in [0.15, 0.2) is 70.5 Å². The minimum Gasteiger partial charge on any atom is -0.269 e. The minimum absolute atomic E-state index is 0.0400. The number of imide groups is 2. The maximum absolute atomic E-state index is 14.1. The van der Waals surface area contributed by atoms with Crippen molar-refractivity contribution in [3.05, 3.63) is 72.3 Å². The number of benzene rings is 2. The highest BCUT2D eigenvalue weighted by atomic mass is 32.2. The molecule has 2 aliphatic rings. The summed E-state index contributed by atoms with van der Waals surface area (Å²) >= 11 is 0.947. The Hall–Kier alpha value is -3.59. The highest BCUT2D eigenvalue weighted by Crippen LogP contribution is 2.35. The predicted molar refractivity (Wildman–Crippen MR) is 100 cm³/mol. The van der Waals surface area contributed by atoms with Crippen molar-refractivity contribution >= 4 is 46.8 Å². The van der Waals surface area contributed by atoms with Crippen LogP contribution in [0.4, 0.5) is 20.2 Å². The van der Waals surface area contributed by atoms with E-state index in [0.717, 1.165) is 70.1 Å². The molecule has 0 radical (unpaired) electrons. The third-order valence-corrected chi connectivity index (χ3v) is 5.03. The summed E-state index contributed by atoms with van der Waals surface area (Å²) in [6.45, 7) is 0. The van der Waals surface area contributed by atoms with E-state index in [4.69, 9.17) is 0 Å². The van der Waals surface area contributed by atoms with E-state index in [0.29, 0.717) is 9.79 Å². The van der Waals surface area contributed by atoms with Crippen LogP contribution in [-0.2, 0) is 19.2 Å². The first kappa shape index (κ1) is 18.8. The third kappa shape index (κ3) is 3.59. The van der Waals surface area contributed by atoms with Crippen molar-refractivity contribution < 1.29 is 28.0 Å². The molecule has 0 N–H and O–H groups in total. The Labute approximate surface area is 167 Å². The molecule has 4 amide bonds. The summed E-state index contributed by atoms with van der Waals surface area (Å²) in [4.78, 5) is 49.5. The van der Waals surface area contributed by atoms with Gasteiger partial charge in [-0.05, 0) is 36.4 Å². The number of amides is 4. The maximum Gasteiger partial charge on any atom is 0.258 e. The van der Waals surface area contributed by atoms with Gasteiger partial charge in [0.1, 0.15) is 11.6 Å². The second-order valence-corrected chi connectivity index (χ2v) is 7.23. The van der Waals surface area contributed by atoms with Crippen LogP contribution in [0, 0.1) is 11.6 Å². The molecule has 0 unspecified atom stereocenters. The van der Waals surface area contributed by atoms with Gasteiger partial charge in [-0.25, -0.2) is 18.6 Å². The van der Waals surface area contributed by atoms with Gasteiger partial charge in [0.25, 0.3) is 23.6 Å². The van der Waals surface area contributed by atoms with Gasteiger partial charge >= 0.3 is 0 Å². The normalized spacial score (nSPS) is 15.9. The van der Waals surface area contributed by atoms with Crippen molar-refractivity contribution in [3.63, 3.8) is 0 Å². The summed E-state index contributed by atoms with van der Waals surface area (Å²) in [5.41, 5.74) is 0.0800. The quantitative estimate of drug-likeness (QED) is 0.722. The molecule has 6 nitrogen and oxygen atoms in total. The molecule has 0 saturated heterocycles. The van der Waals surface area contributed by atoms with Gasteiger partial charge in [-0.3, -0.25) is 19.2 Å². The number of nitrogens with zero attached hydrogens (tertiary/aromatic N) is 2. The molecule has 0 aliphatic carbocycles. The predicted octanol–water partition coefficient (Wildman–Crippen LogP) is 2.97. The van der Waals surface area contributed by atoms with Crippen LogP contribution >= 0.6 is 11.8 Å². The number of hydrogen-bond donors (Lipinski definition) is 0. The zero-order valence-corrected chi connectivity index (χ0v) is 15.3. The summed E-state index contributed by atoms with van der Waals surface area (Å²) < 4.78 is 28.2. The van der Waals surface area contributed by atoms with Crippen LogP contribution in [0.5, 0.6) is 0 Å². The van der Waals surface area contributed by atoms with Crippen molar-refractivity contribution in [2.75, 3.05) is 9.80 Å². The average Bonchev–Trinajstić information content (AvgIpc) is 3.15. The molecule has 0 atom stereocenters. The smallest absolute Gasteiger partial charge is 0.258 e. The van der Waals surface area contributed by atoms with E-state index in [1.807, 2.05) is 0 Å². The molecule has 2 aromatic rings. The van der Waals surface area contributed by atoms with Crippen LogP contribution in [0.2, 0.25) is 0 Å². The number of halogens is 2. The van der Waals surface area contributed by atoms with Crippen molar-refractivity contribution in [3.8, 4) is 0 Å². The van der Waals surface area contributed by atoms with Gasteiger partial charge in [-0.15, -0.1) is 0 Å². The largest absolute Gasteiger partial charge is 0.269 e. The summed E-state index contributed by atoms with van der Waals surface area (Å²) in [7, 11) is 0. The van der Waals surface area contributed by atoms with E-state index in [1.54, 1.807) is 0 Å². The van der Waals surface area contributed by atoms with Crippen molar-refractivity contribution in [2.24, 2.45) is 0 Å². The Morgan fingerprint density at radius 2 is 0.897 bits per heavy atom. The molecule has 0 spiro atoms. The molecule has 0 saturated carbocycles. The molecule has 0 fully saturated rings. The van der Waals surface area contributed by atoms with Crippen LogP contribution < -0.4 is 9.80 Å². The Morgan fingerprint density at radius 1 is 0.552 bits per heavy atom. The highest BCUT2D eigenvalue weighted by Gasteiger charge is 2.27. The van der Waals surface area contributed by atoms with E-state index in [-0.39, 0.29) is 11.4 Å². The molecule has 0 aromatic heterocycles. The zero-order chi connectivity index (χ0) is 20.7. The molecule has 2 aromatic carbocycles. The first-order chi connectivity index (χ1) is 13.8. The Kier molecular flexibility index (Phi) is 4.59. The number of anilines is 2. The lowest BCUT2D eigenvalue weighted by Crippen LogP contribution is -2.29. The molecule has 2 heterocycles. The molecule has 2 aliphatic heterocycles. The Morgan fingerprint density at radius 3 is 1.24 bits per heavy atom. The van der Waals surface area contributed by atoms with Gasteiger partial charge in [-0.1, -0.05) is 11.8 Å². The van der Waals surface area contributed by atoms with E-state index < -0.39 is 35.3 Å². The summed E-state index contributed by atoms with van der Waals surface area (Å²) in [6, 6.07) is 7.22. The molecular weight excluding hydrogens is 402 g/mol. The van der Waals surface area contributed by atoms with E-state index in [1.165, 1.54) is 12.1 Å². The molecule has 29 heavy (non-hydrogen) atoms. The van der Waals surface area contributed by atoms with E-state index in [9.17, 15) is 28.0 Å². The number of carbonyl (C=O) groups is 4. The maximum atomic E-state index is 14.1. The van der Waals surface area contributed by atoms with Gasteiger partial charge in [0.2, 0.25) is 0 Å².